The van der Waals surface area contributed by atoms with Gasteiger partial charge in [0.1, 0.15) is 5.75 Å². The molecular formula is C26H33N3O4S. The smallest absolute Gasteiger partial charge is 0.279 e. The van der Waals surface area contributed by atoms with Crippen LogP contribution in [0.15, 0.2) is 30.3 Å². The van der Waals surface area contributed by atoms with Gasteiger partial charge in [0.05, 0.1) is 23.9 Å². The Balaban J connectivity index is 1.52. The number of ether oxygens (including phenoxy) is 1. The van der Waals surface area contributed by atoms with Gasteiger partial charge < -0.3 is 9.64 Å². The number of carbonyl (C=O) groups is 3. The van der Waals surface area contributed by atoms with Crippen LogP contribution in [0.25, 0.3) is 0 Å². The zero-order valence-electron chi connectivity index (χ0n) is 19.9. The zero-order chi connectivity index (χ0) is 24.1. The fourth-order valence-electron chi connectivity index (χ4n) is 4.99. The maximum absolute atomic E-state index is 13.3. The molecule has 182 valence electrons. The second-order valence-corrected chi connectivity index (χ2v) is 10.1. The summed E-state index contributed by atoms with van der Waals surface area (Å²) in [5, 5.41) is 0. The molecule has 2 atom stereocenters. The van der Waals surface area contributed by atoms with Crippen LogP contribution >= 0.6 is 11.3 Å². The van der Waals surface area contributed by atoms with Crippen LogP contribution in [0.1, 0.15) is 77.2 Å². The molecule has 1 aromatic heterocycles. The molecule has 2 unspecified atom stereocenters. The molecular weight excluding hydrogens is 450 g/mol. The summed E-state index contributed by atoms with van der Waals surface area (Å²) in [6.45, 7) is 2.66. The molecule has 1 aromatic carbocycles. The predicted molar refractivity (Wildman–Crippen MR) is 132 cm³/mol. The number of para-hydroxylation sites is 1. The number of hydrazine groups is 1. The number of fused-ring (bicyclic) bond motifs is 1. The Kier molecular flexibility index (Phi) is 7.88. The first-order valence-electron chi connectivity index (χ1n) is 12.2. The summed E-state index contributed by atoms with van der Waals surface area (Å²) in [6, 6.07) is 9.03. The Morgan fingerprint density at radius 2 is 1.94 bits per heavy atom. The minimum Gasteiger partial charge on any atom is -0.496 e. The molecule has 8 heteroatoms. The number of rotatable bonds is 7. The lowest BCUT2D eigenvalue weighted by Gasteiger charge is -2.41. The lowest BCUT2D eigenvalue weighted by atomic mass is 9.83. The van der Waals surface area contributed by atoms with Gasteiger partial charge in [-0.15, -0.1) is 11.3 Å². The molecule has 4 rings (SSSR count). The number of aryl methyl sites for hydroxylation is 2. The van der Waals surface area contributed by atoms with E-state index in [1.807, 2.05) is 35.2 Å². The molecule has 0 radical (unpaired) electrons. The highest BCUT2D eigenvalue weighted by Crippen LogP contribution is 2.40. The van der Waals surface area contributed by atoms with Gasteiger partial charge in [-0.25, -0.2) is 0 Å². The number of methoxy groups -OCH3 is 1. The Labute approximate surface area is 204 Å². The van der Waals surface area contributed by atoms with Gasteiger partial charge in [0.15, 0.2) is 0 Å². The summed E-state index contributed by atoms with van der Waals surface area (Å²) in [5.41, 5.74) is 7.32. The number of unbranched alkanes of at least 4 members (excludes halogenated alkanes) is 1. The van der Waals surface area contributed by atoms with E-state index in [9.17, 15) is 14.4 Å². The van der Waals surface area contributed by atoms with E-state index in [-0.39, 0.29) is 17.7 Å². The normalized spacial score (nSPS) is 19.9. The second kappa shape index (κ2) is 11.0. The number of likely N-dealkylation sites (tertiary alicyclic amines) is 1. The van der Waals surface area contributed by atoms with Gasteiger partial charge in [-0.05, 0) is 56.2 Å². The fourth-order valence-corrected chi connectivity index (χ4v) is 6.14. The topological polar surface area (TPSA) is 87.7 Å². The Hall–Kier alpha value is -2.87. The SMILES string of the molecule is CCCCN1C(=O)CCC(C(=O)NNC(=O)c2cc3c(s2)CCCC3)C1c1ccccc1OC. The number of thiophene rings is 1. The molecule has 3 amide bonds. The number of hydrogen-bond donors (Lipinski definition) is 2. The number of piperidine rings is 1. The monoisotopic (exact) mass is 483 g/mol. The van der Waals surface area contributed by atoms with Crippen LogP contribution in [-0.4, -0.2) is 36.3 Å². The highest BCUT2D eigenvalue weighted by Gasteiger charge is 2.41. The largest absolute Gasteiger partial charge is 0.496 e. The van der Waals surface area contributed by atoms with Crippen molar-refractivity contribution in [1.29, 1.82) is 0 Å². The number of nitrogens with one attached hydrogen (secondary N) is 2. The van der Waals surface area contributed by atoms with Gasteiger partial charge in [-0.3, -0.25) is 25.2 Å². The van der Waals surface area contributed by atoms with E-state index >= 15 is 0 Å². The third-order valence-electron chi connectivity index (χ3n) is 6.77. The molecule has 2 N–H and O–H groups in total. The van der Waals surface area contributed by atoms with Gasteiger partial charge in [0.25, 0.3) is 5.91 Å². The molecule has 0 bridgehead atoms. The molecule has 1 aliphatic carbocycles. The van der Waals surface area contributed by atoms with Gasteiger partial charge >= 0.3 is 0 Å². The summed E-state index contributed by atoms with van der Waals surface area (Å²) < 4.78 is 5.57. The summed E-state index contributed by atoms with van der Waals surface area (Å²) >= 11 is 1.51. The molecule has 7 nitrogen and oxygen atoms in total. The molecule has 34 heavy (non-hydrogen) atoms. The fraction of sp³-hybridized carbons (Fsp3) is 0.500. The van der Waals surface area contributed by atoms with E-state index in [1.54, 1.807) is 7.11 Å². The molecule has 1 fully saturated rings. The van der Waals surface area contributed by atoms with E-state index < -0.39 is 12.0 Å². The van der Waals surface area contributed by atoms with Crippen LogP contribution < -0.4 is 15.6 Å². The molecule has 0 saturated carbocycles. The molecule has 2 heterocycles. The van der Waals surface area contributed by atoms with E-state index in [2.05, 4.69) is 17.8 Å². The van der Waals surface area contributed by atoms with Crippen LogP contribution in [0.3, 0.4) is 0 Å². The third kappa shape index (κ3) is 5.12. The van der Waals surface area contributed by atoms with Crippen molar-refractivity contribution in [3.05, 3.63) is 51.2 Å². The Morgan fingerprint density at radius 1 is 1.15 bits per heavy atom. The zero-order valence-corrected chi connectivity index (χ0v) is 20.7. The van der Waals surface area contributed by atoms with Gasteiger partial charge in [0, 0.05) is 23.4 Å². The molecule has 1 saturated heterocycles. The average Bonchev–Trinajstić information content (AvgIpc) is 3.30. The third-order valence-corrected chi connectivity index (χ3v) is 8.01. The van der Waals surface area contributed by atoms with Crippen molar-refractivity contribution < 1.29 is 19.1 Å². The van der Waals surface area contributed by atoms with Crippen LogP contribution in [0.2, 0.25) is 0 Å². The molecule has 2 aromatic rings. The summed E-state index contributed by atoms with van der Waals surface area (Å²) in [5.74, 6) is -0.394. The Bertz CT molecular complexity index is 1030. The van der Waals surface area contributed by atoms with E-state index in [4.69, 9.17) is 4.74 Å². The lowest BCUT2D eigenvalue weighted by molar-refractivity contribution is -0.143. The Morgan fingerprint density at radius 3 is 2.71 bits per heavy atom. The average molecular weight is 484 g/mol. The summed E-state index contributed by atoms with van der Waals surface area (Å²) in [6.07, 6.45) is 6.86. The maximum atomic E-state index is 13.3. The highest BCUT2D eigenvalue weighted by molar-refractivity contribution is 7.14. The minimum atomic E-state index is -0.498. The molecule has 0 spiro atoms. The first-order valence-corrected chi connectivity index (χ1v) is 13.0. The van der Waals surface area contributed by atoms with Crippen molar-refractivity contribution in [1.82, 2.24) is 15.8 Å². The maximum Gasteiger partial charge on any atom is 0.279 e. The first-order chi connectivity index (χ1) is 16.5. The number of amides is 3. The number of carbonyl (C=O) groups excluding carboxylic acids is 3. The van der Waals surface area contributed by atoms with Gasteiger partial charge in [-0.1, -0.05) is 31.5 Å². The lowest BCUT2D eigenvalue weighted by Crippen LogP contribution is -2.51. The van der Waals surface area contributed by atoms with E-state index in [1.165, 1.54) is 21.8 Å². The molecule has 1 aliphatic heterocycles. The highest BCUT2D eigenvalue weighted by atomic mass is 32.1. The summed E-state index contributed by atoms with van der Waals surface area (Å²) in [7, 11) is 1.59. The van der Waals surface area contributed by atoms with Crippen LogP contribution in [0, 0.1) is 5.92 Å². The number of nitrogens with zero attached hydrogens (tertiary/aromatic N) is 1. The van der Waals surface area contributed by atoms with E-state index in [0.29, 0.717) is 30.0 Å². The van der Waals surface area contributed by atoms with Crippen molar-refractivity contribution in [2.24, 2.45) is 5.92 Å². The van der Waals surface area contributed by atoms with Crippen LogP contribution in [-0.2, 0) is 22.4 Å². The van der Waals surface area contributed by atoms with Gasteiger partial charge in [-0.2, -0.15) is 0 Å². The number of benzene rings is 1. The van der Waals surface area contributed by atoms with Crippen molar-refractivity contribution in [2.45, 2.75) is 64.3 Å². The standard InChI is InChI=1S/C26H33N3O4S/c1-3-4-15-29-23(30)14-13-19(24(29)18-10-6-7-11-20(18)33-2)25(31)27-28-26(32)22-16-17-9-5-8-12-21(17)34-22/h6-7,10-11,16,19,24H,3-5,8-9,12-15H2,1-2H3,(H,27,31)(H,28,32). The van der Waals surface area contributed by atoms with E-state index in [0.717, 1.165) is 44.1 Å². The summed E-state index contributed by atoms with van der Waals surface area (Å²) in [4.78, 5) is 42.7. The predicted octanol–water partition coefficient (Wildman–Crippen LogP) is 4.18. The van der Waals surface area contributed by atoms with Crippen molar-refractivity contribution in [3.8, 4) is 5.75 Å². The quantitative estimate of drug-likeness (QED) is 0.579. The van der Waals surface area contributed by atoms with Crippen molar-refractivity contribution >= 4 is 29.1 Å². The molecule has 2 aliphatic rings. The van der Waals surface area contributed by atoms with Crippen LogP contribution in [0.5, 0.6) is 5.75 Å². The second-order valence-electron chi connectivity index (χ2n) is 8.98. The van der Waals surface area contributed by atoms with Crippen molar-refractivity contribution in [3.63, 3.8) is 0 Å². The number of hydrogen-bond acceptors (Lipinski definition) is 5. The minimum absolute atomic E-state index is 0.0432. The van der Waals surface area contributed by atoms with Crippen LogP contribution in [0.4, 0.5) is 0 Å². The van der Waals surface area contributed by atoms with Gasteiger partial charge in [0.2, 0.25) is 11.8 Å². The first kappa shape index (κ1) is 24.3. The van der Waals surface area contributed by atoms with Crippen molar-refractivity contribution in [2.75, 3.05) is 13.7 Å².